The van der Waals surface area contributed by atoms with Gasteiger partial charge in [-0.25, -0.2) is 4.79 Å². The van der Waals surface area contributed by atoms with Gasteiger partial charge in [0.1, 0.15) is 11.4 Å². The molecule has 0 spiro atoms. The molecule has 0 aliphatic heterocycles. The van der Waals surface area contributed by atoms with Crippen LogP contribution in [0, 0.1) is 11.8 Å². The van der Waals surface area contributed by atoms with Crippen LogP contribution in [0.5, 0.6) is 5.75 Å². The van der Waals surface area contributed by atoms with Crippen LogP contribution in [0.15, 0.2) is 54.6 Å². The van der Waals surface area contributed by atoms with E-state index in [2.05, 4.69) is 13.8 Å². The topological polar surface area (TPSA) is 59.1 Å². The first-order valence-corrected chi connectivity index (χ1v) is 12.8. The van der Waals surface area contributed by atoms with Crippen LogP contribution >= 0.6 is 0 Å². The molecule has 38 heavy (non-hydrogen) atoms. The molecule has 0 radical (unpaired) electrons. The van der Waals surface area contributed by atoms with Gasteiger partial charge in [-0.05, 0) is 69.4 Å². The third-order valence-electron chi connectivity index (χ3n) is 5.71. The Bertz CT molecular complexity index is 1020. The van der Waals surface area contributed by atoms with E-state index < -0.39 is 23.8 Å². The third-order valence-corrected chi connectivity index (χ3v) is 5.71. The molecule has 2 aromatic rings. The number of carbonyl (C=O) groups is 2. The lowest BCUT2D eigenvalue weighted by atomic mass is 9.97. The predicted octanol–water partition coefficient (Wildman–Crippen LogP) is 6.73. The van der Waals surface area contributed by atoms with Crippen LogP contribution in [0.3, 0.4) is 0 Å². The van der Waals surface area contributed by atoms with Gasteiger partial charge >= 0.3 is 18.2 Å². The van der Waals surface area contributed by atoms with E-state index in [4.69, 9.17) is 9.47 Å². The van der Waals surface area contributed by atoms with Crippen LogP contribution < -0.4 is 9.64 Å². The fourth-order valence-electron chi connectivity index (χ4n) is 3.95. The summed E-state index contributed by atoms with van der Waals surface area (Å²) in [5.74, 6) is -0.717. The number of carbonyl (C=O) groups excluding carboxylic acids is 2. The van der Waals surface area contributed by atoms with Crippen molar-refractivity contribution in [2.75, 3.05) is 31.6 Å². The van der Waals surface area contributed by atoms with E-state index in [1.54, 1.807) is 17.0 Å². The van der Waals surface area contributed by atoms with E-state index in [1.807, 2.05) is 51.1 Å². The number of hydrogen-bond acceptors (Lipinski definition) is 4. The molecule has 6 nitrogen and oxygen atoms in total. The number of anilines is 1. The summed E-state index contributed by atoms with van der Waals surface area (Å²) in [6.07, 6.45) is -4.07. The van der Waals surface area contributed by atoms with E-state index in [-0.39, 0.29) is 11.6 Å². The Morgan fingerprint density at radius 1 is 0.947 bits per heavy atom. The number of nitrogens with zero attached hydrogens (tertiary/aromatic N) is 2. The highest BCUT2D eigenvalue weighted by Crippen LogP contribution is 2.23. The Labute approximate surface area is 223 Å². The van der Waals surface area contributed by atoms with Crippen molar-refractivity contribution in [1.82, 2.24) is 4.90 Å². The van der Waals surface area contributed by atoms with Crippen molar-refractivity contribution < 1.29 is 32.2 Å². The molecule has 0 N–H and O–H groups in total. The molecule has 0 aliphatic rings. The van der Waals surface area contributed by atoms with E-state index in [0.29, 0.717) is 36.9 Å². The number of hydrogen-bond donors (Lipinski definition) is 0. The molecule has 1 atom stereocenters. The Kier molecular flexibility index (Phi) is 11.0. The van der Waals surface area contributed by atoms with Crippen molar-refractivity contribution in [3.63, 3.8) is 0 Å². The van der Waals surface area contributed by atoms with Gasteiger partial charge in [-0.3, -0.25) is 4.79 Å². The molecule has 0 heterocycles. The predicted molar refractivity (Wildman–Crippen MR) is 142 cm³/mol. The summed E-state index contributed by atoms with van der Waals surface area (Å²) in [7, 11) is 1.08. The number of benzene rings is 2. The molecule has 0 aliphatic carbocycles. The summed E-state index contributed by atoms with van der Waals surface area (Å²) < 4.78 is 49.9. The minimum absolute atomic E-state index is 0.0622. The maximum Gasteiger partial charge on any atom is 0.471 e. The number of ether oxygens (including phenoxy) is 2. The number of para-hydroxylation sites is 1. The van der Waals surface area contributed by atoms with Crippen LogP contribution in [0.1, 0.15) is 46.6 Å². The Hall–Kier alpha value is -3.23. The van der Waals surface area contributed by atoms with Crippen LogP contribution in [-0.2, 0) is 16.0 Å². The molecule has 2 rings (SSSR count). The Morgan fingerprint density at radius 2 is 1.55 bits per heavy atom. The smallest absolute Gasteiger partial charge is 0.471 e. The van der Waals surface area contributed by atoms with Crippen LogP contribution in [0.4, 0.5) is 23.7 Å². The summed E-state index contributed by atoms with van der Waals surface area (Å²) in [5.41, 5.74) is 0.284. The van der Waals surface area contributed by atoms with E-state index in [1.165, 1.54) is 12.1 Å². The maximum atomic E-state index is 13.1. The van der Waals surface area contributed by atoms with Crippen molar-refractivity contribution in [2.24, 2.45) is 11.8 Å². The SMILES string of the molecule is CC(C)C[C@H](COc1ccccc1)CN(CCc1ccc(N(C)C(=O)C(F)(F)F)cc1)C(=O)OC(C)(C)C. The van der Waals surface area contributed by atoms with Crippen molar-refractivity contribution in [1.29, 1.82) is 0 Å². The van der Waals surface area contributed by atoms with E-state index in [9.17, 15) is 22.8 Å². The maximum absolute atomic E-state index is 13.1. The zero-order chi connectivity index (χ0) is 28.5. The van der Waals surface area contributed by atoms with Crippen molar-refractivity contribution in [2.45, 2.75) is 59.2 Å². The summed E-state index contributed by atoms with van der Waals surface area (Å²) >= 11 is 0. The minimum Gasteiger partial charge on any atom is -0.493 e. The molecule has 0 fully saturated rings. The molecular weight excluding hydrogens is 497 g/mol. The molecule has 0 bridgehead atoms. The van der Waals surface area contributed by atoms with Gasteiger partial charge in [0.15, 0.2) is 0 Å². The summed E-state index contributed by atoms with van der Waals surface area (Å²) in [4.78, 5) is 26.8. The van der Waals surface area contributed by atoms with Gasteiger partial charge in [0, 0.05) is 31.7 Å². The zero-order valence-corrected chi connectivity index (χ0v) is 23.0. The van der Waals surface area contributed by atoms with Gasteiger partial charge in [-0.15, -0.1) is 0 Å². The third kappa shape index (κ3) is 10.6. The highest BCUT2D eigenvalue weighted by atomic mass is 19.4. The van der Waals surface area contributed by atoms with Crippen molar-refractivity contribution in [3.8, 4) is 5.75 Å². The molecule has 0 unspecified atom stereocenters. The Morgan fingerprint density at radius 3 is 2.08 bits per heavy atom. The van der Waals surface area contributed by atoms with Crippen LogP contribution in [0.2, 0.25) is 0 Å². The summed E-state index contributed by atoms with van der Waals surface area (Å²) in [6.45, 7) is 10.9. The second-order valence-electron chi connectivity index (χ2n) is 10.8. The molecule has 0 saturated carbocycles. The minimum atomic E-state index is -4.95. The fraction of sp³-hybridized carbons (Fsp3) is 0.517. The number of amides is 2. The zero-order valence-electron chi connectivity index (χ0n) is 23.0. The first kappa shape index (κ1) is 31.0. The van der Waals surface area contributed by atoms with Gasteiger partial charge in [-0.1, -0.05) is 44.2 Å². The second-order valence-corrected chi connectivity index (χ2v) is 10.8. The largest absolute Gasteiger partial charge is 0.493 e. The van der Waals surface area contributed by atoms with Gasteiger partial charge in [0.2, 0.25) is 0 Å². The summed E-state index contributed by atoms with van der Waals surface area (Å²) in [5, 5.41) is 0. The first-order valence-electron chi connectivity index (χ1n) is 12.8. The fourth-order valence-corrected chi connectivity index (χ4v) is 3.95. The highest BCUT2D eigenvalue weighted by Gasteiger charge is 2.41. The van der Waals surface area contributed by atoms with E-state index in [0.717, 1.165) is 24.8 Å². The molecule has 210 valence electrons. The number of alkyl halides is 3. The van der Waals surface area contributed by atoms with E-state index >= 15 is 0 Å². The van der Waals surface area contributed by atoms with Gasteiger partial charge in [-0.2, -0.15) is 13.2 Å². The van der Waals surface area contributed by atoms with Crippen LogP contribution in [0.25, 0.3) is 0 Å². The standard InChI is InChI=1S/C29H39F3N2O4/c1-21(2)18-23(20-37-25-10-8-7-9-11-25)19-34(27(36)38-28(3,4)5)17-16-22-12-14-24(15-13-22)33(6)26(35)29(30,31)32/h7-15,21,23H,16-20H2,1-6H3/t23-/m0/s1. The van der Waals surface area contributed by atoms with Gasteiger partial charge in [0.25, 0.3) is 0 Å². The Balaban J connectivity index is 2.13. The average molecular weight is 537 g/mol. The lowest BCUT2D eigenvalue weighted by Gasteiger charge is -2.31. The lowest BCUT2D eigenvalue weighted by Crippen LogP contribution is -2.42. The quantitative estimate of drug-likeness (QED) is 0.319. The molecule has 0 aromatic heterocycles. The molecule has 9 heteroatoms. The van der Waals surface area contributed by atoms with Crippen molar-refractivity contribution in [3.05, 3.63) is 60.2 Å². The first-order chi connectivity index (χ1) is 17.7. The molecular formula is C29H39F3N2O4. The number of halogens is 3. The molecule has 0 saturated heterocycles. The molecule has 2 amide bonds. The average Bonchev–Trinajstić information content (AvgIpc) is 2.83. The summed E-state index contributed by atoms with van der Waals surface area (Å²) in [6, 6.07) is 15.8. The number of rotatable bonds is 11. The molecule has 2 aromatic carbocycles. The van der Waals surface area contributed by atoms with Crippen molar-refractivity contribution >= 4 is 17.7 Å². The normalized spacial score (nSPS) is 12.7. The van der Waals surface area contributed by atoms with Gasteiger partial charge < -0.3 is 19.3 Å². The highest BCUT2D eigenvalue weighted by molar-refractivity contribution is 5.96. The van der Waals surface area contributed by atoms with Crippen LogP contribution in [-0.4, -0.2) is 55.4 Å². The van der Waals surface area contributed by atoms with Gasteiger partial charge in [0.05, 0.1) is 6.61 Å². The second kappa shape index (κ2) is 13.5. The monoisotopic (exact) mass is 536 g/mol. The lowest BCUT2D eigenvalue weighted by molar-refractivity contribution is -0.170.